The van der Waals surface area contributed by atoms with Gasteiger partial charge in [-0.2, -0.15) is 0 Å². The first-order valence-electron chi connectivity index (χ1n) is 8.66. The van der Waals surface area contributed by atoms with Crippen molar-refractivity contribution in [3.63, 3.8) is 0 Å². The molecule has 25 heavy (non-hydrogen) atoms. The lowest BCUT2D eigenvalue weighted by atomic mass is 9.98. The van der Waals surface area contributed by atoms with Gasteiger partial charge in [-0.25, -0.2) is 15.0 Å². The zero-order chi connectivity index (χ0) is 16.9. The second-order valence-corrected chi connectivity index (χ2v) is 7.13. The van der Waals surface area contributed by atoms with Crippen molar-refractivity contribution < 1.29 is 0 Å². The summed E-state index contributed by atoms with van der Waals surface area (Å²) in [7, 11) is 0. The summed E-state index contributed by atoms with van der Waals surface area (Å²) in [6, 6.07) is 13.1. The minimum atomic E-state index is 0.341. The number of nitrogens with zero attached hydrogens (tertiary/aromatic N) is 4. The van der Waals surface area contributed by atoms with E-state index in [0.29, 0.717) is 12.0 Å². The Balaban J connectivity index is 1.53. The van der Waals surface area contributed by atoms with E-state index in [0.717, 1.165) is 30.3 Å². The molecule has 1 atom stereocenters. The van der Waals surface area contributed by atoms with Gasteiger partial charge in [0.25, 0.3) is 0 Å². The zero-order valence-corrected chi connectivity index (χ0v) is 14.8. The first kappa shape index (κ1) is 16.2. The van der Waals surface area contributed by atoms with Gasteiger partial charge >= 0.3 is 0 Å². The molecule has 3 aromatic rings. The fourth-order valence-corrected chi connectivity index (χ4v) is 3.85. The number of thiazole rings is 1. The molecule has 0 spiro atoms. The Morgan fingerprint density at radius 1 is 1.08 bits per heavy atom. The van der Waals surface area contributed by atoms with Crippen LogP contribution in [0.2, 0.25) is 0 Å². The van der Waals surface area contributed by atoms with Gasteiger partial charge in [0.2, 0.25) is 5.95 Å². The highest BCUT2D eigenvalue weighted by atomic mass is 32.1. The minimum absolute atomic E-state index is 0.341. The Hall–Kier alpha value is -2.31. The van der Waals surface area contributed by atoms with Gasteiger partial charge in [0.1, 0.15) is 0 Å². The maximum atomic E-state index is 4.77. The van der Waals surface area contributed by atoms with Gasteiger partial charge in [0.15, 0.2) is 5.13 Å². The van der Waals surface area contributed by atoms with Gasteiger partial charge in [0, 0.05) is 24.3 Å². The summed E-state index contributed by atoms with van der Waals surface area (Å²) in [4.78, 5) is 15.9. The number of hydrogen-bond donors (Lipinski definition) is 1. The Labute approximate surface area is 151 Å². The van der Waals surface area contributed by atoms with Crippen LogP contribution in [0.3, 0.4) is 0 Å². The van der Waals surface area contributed by atoms with Gasteiger partial charge in [0.05, 0.1) is 11.7 Å². The van der Waals surface area contributed by atoms with Gasteiger partial charge < -0.3 is 5.32 Å². The molecule has 1 aromatic carbocycles. The number of hydrogen-bond acceptors (Lipinski definition) is 6. The molecular weight excluding hydrogens is 330 g/mol. The molecule has 0 aliphatic carbocycles. The fourth-order valence-electron chi connectivity index (χ4n) is 3.33. The van der Waals surface area contributed by atoms with E-state index in [1.165, 1.54) is 18.4 Å². The summed E-state index contributed by atoms with van der Waals surface area (Å²) in [6.45, 7) is 2.07. The Kier molecular flexibility index (Phi) is 4.99. The van der Waals surface area contributed by atoms with E-state index >= 15 is 0 Å². The second kappa shape index (κ2) is 7.72. The third-order valence-corrected chi connectivity index (χ3v) is 5.20. The molecule has 128 valence electrons. The predicted molar refractivity (Wildman–Crippen MR) is 101 cm³/mol. The smallest absolute Gasteiger partial charge is 0.229 e. The van der Waals surface area contributed by atoms with Crippen LogP contribution in [0.25, 0.3) is 0 Å². The number of nitrogens with one attached hydrogen (secondary N) is 1. The van der Waals surface area contributed by atoms with Crippen LogP contribution in [0.5, 0.6) is 0 Å². The zero-order valence-electron chi connectivity index (χ0n) is 14.0. The predicted octanol–water partition coefficient (Wildman–Crippen LogP) is 4.40. The lowest BCUT2D eigenvalue weighted by Crippen LogP contribution is -2.33. The third kappa shape index (κ3) is 4.03. The molecule has 0 radical (unpaired) electrons. The van der Waals surface area contributed by atoms with Crippen molar-refractivity contribution in [3.8, 4) is 0 Å². The Bertz CT molecular complexity index is 791. The molecule has 2 aromatic heterocycles. The summed E-state index contributed by atoms with van der Waals surface area (Å²) in [5.74, 6) is 0.623. The summed E-state index contributed by atoms with van der Waals surface area (Å²) < 4.78 is 0. The molecule has 3 heterocycles. The van der Waals surface area contributed by atoms with Gasteiger partial charge in [-0.1, -0.05) is 36.8 Å². The van der Waals surface area contributed by atoms with Crippen molar-refractivity contribution in [3.05, 3.63) is 65.4 Å². The van der Waals surface area contributed by atoms with Crippen molar-refractivity contribution in [1.29, 1.82) is 0 Å². The van der Waals surface area contributed by atoms with Crippen LogP contribution in [-0.4, -0.2) is 26.4 Å². The number of likely N-dealkylation sites (tertiary alicyclic amines) is 1. The summed E-state index contributed by atoms with van der Waals surface area (Å²) in [5, 5.41) is 5.96. The van der Waals surface area contributed by atoms with E-state index in [2.05, 4.69) is 50.5 Å². The van der Waals surface area contributed by atoms with Gasteiger partial charge in [-0.3, -0.25) is 4.90 Å². The molecule has 1 aliphatic heterocycles. The molecule has 4 rings (SSSR count). The van der Waals surface area contributed by atoms with E-state index < -0.39 is 0 Å². The van der Waals surface area contributed by atoms with Crippen LogP contribution < -0.4 is 5.32 Å². The molecule has 1 fully saturated rings. The van der Waals surface area contributed by atoms with Crippen molar-refractivity contribution in [1.82, 2.24) is 19.9 Å². The van der Waals surface area contributed by atoms with Crippen LogP contribution >= 0.6 is 11.3 Å². The van der Waals surface area contributed by atoms with Crippen LogP contribution in [0.15, 0.2) is 54.2 Å². The van der Waals surface area contributed by atoms with Crippen LogP contribution in [0.1, 0.15) is 36.6 Å². The minimum Gasteiger partial charge on any atom is -0.300 e. The highest BCUT2D eigenvalue weighted by Crippen LogP contribution is 2.31. The van der Waals surface area contributed by atoms with Crippen LogP contribution in [-0.2, 0) is 6.54 Å². The highest BCUT2D eigenvalue weighted by Gasteiger charge is 2.25. The third-order valence-electron chi connectivity index (χ3n) is 4.51. The fraction of sp³-hybridized carbons (Fsp3) is 0.316. The van der Waals surface area contributed by atoms with E-state index in [1.54, 1.807) is 17.5 Å². The molecule has 1 aliphatic rings. The van der Waals surface area contributed by atoms with E-state index in [-0.39, 0.29) is 0 Å². The molecule has 0 bridgehead atoms. The van der Waals surface area contributed by atoms with E-state index in [1.807, 2.05) is 17.6 Å². The summed E-state index contributed by atoms with van der Waals surface area (Å²) in [6.07, 6.45) is 7.25. The molecule has 1 saturated heterocycles. The lowest BCUT2D eigenvalue weighted by Gasteiger charge is -2.35. The van der Waals surface area contributed by atoms with Crippen molar-refractivity contribution >= 4 is 22.4 Å². The number of benzene rings is 1. The first-order chi connectivity index (χ1) is 12.4. The molecule has 1 N–H and O–H groups in total. The highest BCUT2D eigenvalue weighted by molar-refractivity contribution is 7.13. The SMILES string of the molecule is c1ccc(CN2CCCCC2c2ccnc(Nc3nccs3)n2)cc1. The average Bonchev–Trinajstić information content (AvgIpc) is 3.16. The molecule has 6 heteroatoms. The number of rotatable bonds is 5. The molecule has 0 saturated carbocycles. The van der Waals surface area contributed by atoms with E-state index in [4.69, 9.17) is 4.98 Å². The number of piperidine rings is 1. The maximum absolute atomic E-state index is 4.77. The van der Waals surface area contributed by atoms with Crippen molar-refractivity contribution in [2.75, 3.05) is 11.9 Å². The molecular formula is C19H21N5S. The number of aromatic nitrogens is 3. The average molecular weight is 351 g/mol. The van der Waals surface area contributed by atoms with Crippen molar-refractivity contribution in [2.45, 2.75) is 31.8 Å². The summed E-state index contributed by atoms with van der Waals surface area (Å²) >= 11 is 1.55. The van der Waals surface area contributed by atoms with Gasteiger partial charge in [-0.05, 0) is 31.0 Å². The molecule has 1 unspecified atom stereocenters. The Morgan fingerprint density at radius 2 is 2.00 bits per heavy atom. The van der Waals surface area contributed by atoms with Gasteiger partial charge in [-0.15, -0.1) is 11.3 Å². The second-order valence-electron chi connectivity index (χ2n) is 6.24. The number of anilines is 2. The normalized spacial score (nSPS) is 18.2. The molecule has 5 nitrogen and oxygen atoms in total. The topological polar surface area (TPSA) is 53.9 Å². The summed E-state index contributed by atoms with van der Waals surface area (Å²) in [5.41, 5.74) is 2.44. The quantitative estimate of drug-likeness (QED) is 0.738. The van der Waals surface area contributed by atoms with Crippen LogP contribution in [0.4, 0.5) is 11.1 Å². The largest absolute Gasteiger partial charge is 0.300 e. The lowest BCUT2D eigenvalue weighted by molar-refractivity contribution is 0.137. The molecule has 0 amide bonds. The Morgan fingerprint density at radius 3 is 2.84 bits per heavy atom. The standard InChI is InChI=1S/C19H21N5S/c1-2-6-15(7-3-1)14-24-12-5-4-8-17(24)16-9-10-20-18(22-16)23-19-21-11-13-25-19/h1-3,6-7,9-11,13,17H,4-5,8,12,14H2,(H,20,21,22,23). The van der Waals surface area contributed by atoms with E-state index in [9.17, 15) is 0 Å². The maximum Gasteiger partial charge on any atom is 0.229 e. The monoisotopic (exact) mass is 351 g/mol. The van der Waals surface area contributed by atoms with Crippen molar-refractivity contribution in [2.24, 2.45) is 0 Å². The first-order valence-corrected chi connectivity index (χ1v) is 9.54. The van der Waals surface area contributed by atoms with Crippen LogP contribution in [0, 0.1) is 0 Å².